The van der Waals surface area contributed by atoms with Gasteiger partial charge in [-0.1, -0.05) is 23.5 Å². The number of nitrogens with zero attached hydrogens (tertiary/aromatic N) is 3. The summed E-state index contributed by atoms with van der Waals surface area (Å²) in [5.41, 5.74) is 2.39. The molecular weight excluding hydrogens is 472 g/mol. The summed E-state index contributed by atoms with van der Waals surface area (Å²) in [6, 6.07) is 5.87. The number of hydrogen-bond acceptors (Lipinski definition) is 6. The number of halogens is 2. The van der Waals surface area contributed by atoms with Crippen molar-refractivity contribution < 1.29 is 18.3 Å². The number of aromatic amines is 1. The SMILES string of the molecule is CC(F)(F)COc1nc2c(s1)CCN(CCC1CCC(NC(=O)c3cccc4cn[nH]c34)CC1)C2. The minimum Gasteiger partial charge on any atom is -0.464 e. The number of carbonyl (C=O) groups is 1. The predicted octanol–water partition coefficient (Wildman–Crippen LogP) is 4.79. The van der Waals surface area contributed by atoms with Gasteiger partial charge in [0.15, 0.2) is 6.61 Å². The summed E-state index contributed by atoms with van der Waals surface area (Å²) in [6.07, 6.45) is 7.95. The summed E-state index contributed by atoms with van der Waals surface area (Å²) in [7, 11) is 0. The highest BCUT2D eigenvalue weighted by Crippen LogP contribution is 2.32. The van der Waals surface area contributed by atoms with Crippen LogP contribution in [0.4, 0.5) is 8.78 Å². The lowest BCUT2D eigenvalue weighted by atomic mass is 9.84. The summed E-state index contributed by atoms with van der Waals surface area (Å²) in [4.78, 5) is 20.8. The predicted molar refractivity (Wildman–Crippen MR) is 131 cm³/mol. The summed E-state index contributed by atoms with van der Waals surface area (Å²) in [5, 5.41) is 11.5. The molecule has 0 atom stereocenters. The average molecular weight is 504 g/mol. The number of thiazole rings is 1. The third kappa shape index (κ3) is 5.98. The van der Waals surface area contributed by atoms with E-state index in [-0.39, 0.29) is 11.9 Å². The van der Waals surface area contributed by atoms with E-state index in [0.29, 0.717) is 16.7 Å². The molecule has 1 amide bonds. The van der Waals surface area contributed by atoms with Crippen molar-refractivity contribution in [3.05, 3.63) is 40.5 Å². The van der Waals surface area contributed by atoms with Gasteiger partial charge in [-0.05, 0) is 57.1 Å². The molecule has 3 aromatic rings. The zero-order valence-corrected chi connectivity index (χ0v) is 20.7. The van der Waals surface area contributed by atoms with Crippen LogP contribution in [0.25, 0.3) is 10.9 Å². The van der Waals surface area contributed by atoms with E-state index in [9.17, 15) is 13.6 Å². The number of H-pyrrole nitrogens is 1. The van der Waals surface area contributed by atoms with Crippen LogP contribution in [0.15, 0.2) is 24.4 Å². The number of ether oxygens (including phenoxy) is 1. The Morgan fingerprint density at radius 3 is 2.94 bits per heavy atom. The van der Waals surface area contributed by atoms with Crippen molar-refractivity contribution in [3.8, 4) is 5.19 Å². The van der Waals surface area contributed by atoms with E-state index in [0.717, 1.165) is 86.6 Å². The first kappa shape index (κ1) is 24.1. The smallest absolute Gasteiger partial charge is 0.278 e. The van der Waals surface area contributed by atoms with Gasteiger partial charge in [0, 0.05) is 36.3 Å². The fraction of sp³-hybridized carbons (Fsp3) is 0.560. The van der Waals surface area contributed by atoms with Crippen LogP contribution < -0.4 is 10.1 Å². The van der Waals surface area contributed by atoms with Crippen LogP contribution in [0.2, 0.25) is 0 Å². The summed E-state index contributed by atoms with van der Waals surface area (Å²) in [5.74, 6) is -2.24. The van der Waals surface area contributed by atoms with Crippen molar-refractivity contribution in [2.45, 2.75) is 64.0 Å². The molecule has 10 heteroatoms. The van der Waals surface area contributed by atoms with Gasteiger partial charge in [0.05, 0.1) is 23.0 Å². The lowest BCUT2D eigenvalue weighted by molar-refractivity contribution is -0.0230. The molecule has 0 radical (unpaired) electrons. The molecule has 35 heavy (non-hydrogen) atoms. The van der Waals surface area contributed by atoms with E-state index < -0.39 is 12.5 Å². The third-order valence-electron chi connectivity index (χ3n) is 6.99. The molecule has 1 aliphatic carbocycles. The van der Waals surface area contributed by atoms with E-state index in [1.54, 1.807) is 6.20 Å². The van der Waals surface area contributed by atoms with Crippen LogP contribution in [0.3, 0.4) is 0 Å². The second kappa shape index (κ2) is 10.2. The number of rotatable bonds is 8. The minimum atomic E-state index is -2.85. The molecule has 1 aromatic carbocycles. The van der Waals surface area contributed by atoms with Gasteiger partial charge in [0.2, 0.25) is 0 Å². The fourth-order valence-corrected chi connectivity index (χ4v) is 5.96. The van der Waals surface area contributed by atoms with Gasteiger partial charge in [-0.2, -0.15) is 5.10 Å². The first-order chi connectivity index (χ1) is 16.8. The monoisotopic (exact) mass is 503 g/mol. The van der Waals surface area contributed by atoms with Crippen molar-refractivity contribution in [1.29, 1.82) is 0 Å². The molecule has 2 aliphatic rings. The molecule has 7 nitrogen and oxygen atoms in total. The van der Waals surface area contributed by atoms with Crippen molar-refractivity contribution in [3.63, 3.8) is 0 Å². The van der Waals surface area contributed by atoms with Crippen LogP contribution in [-0.2, 0) is 13.0 Å². The minimum absolute atomic E-state index is 0.0401. The normalized spacial score (nSPS) is 21.1. The van der Waals surface area contributed by atoms with Crippen LogP contribution in [0.5, 0.6) is 5.19 Å². The second-order valence-electron chi connectivity index (χ2n) is 9.85. The van der Waals surface area contributed by atoms with Gasteiger partial charge in [-0.3, -0.25) is 14.8 Å². The van der Waals surface area contributed by atoms with Crippen molar-refractivity contribution >= 4 is 28.1 Å². The molecule has 0 saturated heterocycles. The highest BCUT2D eigenvalue weighted by atomic mass is 32.1. The zero-order valence-electron chi connectivity index (χ0n) is 19.9. The van der Waals surface area contributed by atoms with Crippen LogP contribution in [0, 0.1) is 5.92 Å². The number of hydrogen-bond donors (Lipinski definition) is 2. The molecule has 1 fully saturated rings. The number of carbonyl (C=O) groups excluding carboxylic acids is 1. The van der Waals surface area contributed by atoms with E-state index in [4.69, 9.17) is 4.74 Å². The standard InChI is InChI=1S/C25H31F2N5O2S/c1-25(26,27)15-34-24-30-20-14-32(12-10-21(20)35-24)11-9-16-5-7-18(8-6-16)29-23(33)19-4-2-3-17-13-28-31-22(17)19/h2-4,13,16,18H,5-12,14-15H2,1H3,(H,28,31)(H,29,33). The van der Waals surface area contributed by atoms with Gasteiger partial charge < -0.3 is 10.1 Å². The van der Waals surface area contributed by atoms with Gasteiger partial charge in [-0.15, -0.1) is 0 Å². The van der Waals surface area contributed by atoms with Crippen LogP contribution in [-0.4, -0.2) is 57.6 Å². The van der Waals surface area contributed by atoms with Crippen molar-refractivity contribution in [2.24, 2.45) is 5.92 Å². The maximum Gasteiger partial charge on any atom is 0.278 e. The van der Waals surface area contributed by atoms with E-state index in [1.807, 2.05) is 18.2 Å². The zero-order chi connectivity index (χ0) is 24.4. The topological polar surface area (TPSA) is 83.1 Å². The Kier molecular flexibility index (Phi) is 7.02. The number of nitrogens with one attached hydrogen (secondary N) is 2. The molecule has 0 unspecified atom stereocenters. The molecule has 2 aromatic heterocycles. The Balaban J connectivity index is 1.05. The molecule has 3 heterocycles. The summed E-state index contributed by atoms with van der Waals surface area (Å²) < 4.78 is 31.3. The molecule has 2 N–H and O–H groups in total. The van der Waals surface area contributed by atoms with Crippen molar-refractivity contribution in [1.82, 2.24) is 25.4 Å². The maximum atomic E-state index is 13.1. The largest absolute Gasteiger partial charge is 0.464 e. The number of fused-ring (bicyclic) bond motifs is 2. The summed E-state index contributed by atoms with van der Waals surface area (Å²) >= 11 is 1.40. The lowest BCUT2D eigenvalue weighted by Crippen LogP contribution is -2.38. The molecule has 0 bridgehead atoms. The molecule has 0 spiro atoms. The van der Waals surface area contributed by atoms with Gasteiger partial charge in [-0.25, -0.2) is 13.8 Å². The molecule has 1 saturated carbocycles. The Labute approximate surface area is 207 Å². The van der Waals surface area contributed by atoms with E-state index in [2.05, 4.69) is 25.4 Å². The van der Waals surface area contributed by atoms with Crippen molar-refractivity contribution in [2.75, 3.05) is 19.7 Å². The van der Waals surface area contributed by atoms with E-state index in [1.165, 1.54) is 11.3 Å². The highest BCUT2D eigenvalue weighted by Gasteiger charge is 2.27. The second-order valence-corrected chi connectivity index (χ2v) is 10.9. The summed E-state index contributed by atoms with van der Waals surface area (Å²) in [6.45, 7) is 2.94. The number of aromatic nitrogens is 3. The van der Waals surface area contributed by atoms with Gasteiger partial charge >= 0.3 is 0 Å². The molecule has 1 aliphatic heterocycles. The fourth-order valence-electron chi connectivity index (χ4n) is 5.05. The van der Waals surface area contributed by atoms with E-state index >= 15 is 0 Å². The quantitative estimate of drug-likeness (QED) is 0.462. The maximum absolute atomic E-state index is 13.1. The number of amides is 1. The third-order valence-corrected chi connectivity index (χ3v) is 8.06. The Morgan fingerprint density at radius 1 is 1.31 bits per heavy atom. The first-order valence-corrected chi connectivity index (χ1v) is 13.1. The highest BCUT2D eigenvalue weighted by molar-refractivity contribution is 7.13. The molecule has 5 rings (SSSR count). The van der Waals surface area contributed by atoms with Gasteiger partial charge in [0.25, 0.3) is 17.0 Å². The number of benzene rings is 1. The molecule has 188 valence electrons. The number of alkyl halides is 2. The van der Waals surface area contributed by atoms with Crippen LogP contribution >= 0.6 is 11.3 Å². The Bertz CT molecular complexity index is 1170. The number of para-hydroxylation sites is 1. The van der Waals surface area contributed by atoms with Gasteiger partial charge in [0.1, 0.15) is 0 Å². The average Bonchev–Trinajstić information content (AvgIpc) is 3.48. The molecular formula is C25H31F2N5O2S. The Morgan fingerprint density at radius 2 is 2.14 bits per heavy atom. The lowest BCUT2D eigenvalue weighted by Gasteiger charge is -2.32. The van der Waals surface area contributed by atoms with Crippen LogP contribution in [0.1, 0.15) is 60.0 Å². The Hall–Kier alpha value is -2.59. The first-order valence-electron chi connectivity index (χ1n) is 12.3.